The Morgan fingerprint density at radius 2 is 2.22 bits per heavy atom. The van der Waals surface area contributed by atoms with Crippen molar-refractivity contribution in [2.75, 3.05) is 26.8 Å². The van der Waals surface area contributed by atoms with Gasteiger partial charge in [-0.2, -0.15) is 5.10 Å². The lowest BCUT2D eigenvalue weighted by molar-refractivity contribution is -0.183. The standard InChI is InChI=1S/C17H27N3O3/c1-4-20-13(2)14(12-18-20)16(21)19-9-7-17(8-10-19)15(22-3)6-5-11-23-17/h12,15H,4-11H2,1-3H3/t15-/m0/s1. The van der Waals surface area contributed by atoms with Crippen molar-refractivity contribution in [3.8, 4) is 0 Å². The zero-order valence-electron chi connectivity index (χ0n) is 14.4. The van der Waals surface area contributed by atoms with E-state index in [4.69, 9.17) is 9.47 Å². The molecule has 6 heteroatoms. The Hall–Kier alpha value is -1.40. The summed E-state index contributed by atoms with van der Waals surface area (Å²) in [5, 5.41) is 4.28. The van der Waals surface area contributed by atoms with Crippen LogP contribution in [0.4, 0.5) is 0 Å². The van der Waals surface area contributed by atoms with Gasteiger partial charge in [0.15, 0.2) is 0 Å². The van der Waals surface area contributed by atoms with E-state index >= 15 is 0 Å². The third-order valence-corrected chi connectivity index (χ3v) is 5.40. The smallest absolute Gasteiger partial charge is 0.257 e. The molecule has 0 aliphatic carbocycles. The van der Waals surface area contributed by atoms with Gasteiger partial charge in [0, 0.05) is 39.0 Å². The number of methoxy groups -OCH3 is 1. The quantitative estimate of drug-likeness (QED) is 0.854. The molecule has 0 unspecified atom stereocenters. The number of nitrogens with zero attached hydrogens (tertiary/aromatic N) is 3. The van der Waals surface area contributed by atoms with E-state index in [2.05, 4.69) is 5.10 Å². The van der Waals surface area contributed by atoms with Gasteiger partial charge in [0.05, 0.1) is 23.5 Å². The number of carbonyl (C=O) groups is 1. The van der Waals surface area contributed by atoms with E-state index < -0.39 is 0 Å². The number of amides is 1. The lowest BCUT2D eigenvalue weighted by atomic mass is 9.81. The molecule has 0 N–H and O–H groups in total. The Bertz CT molecular complexity index is 561. The lowest BCUT2D eigenvalue weighted by Gasteiger charge is -2.48. The van der Waals surface area contributed by atoms with E-state index in [1.54, 1.807) is 13.3 Å². The van der Waals surface area contributed by atoms with Crippen LogP contribution in [0, 0.1) is 6.92 Å². The first-order chi connectivity index (χ1) is 11.1. The molecule has 2 saturated heterocycles. The van der Waals surface area contributed by atoms with Crippen LogP contribution in [-0.4, -0.2) is 59.1 Å². The Morgan fingerprint density at radius 1 is 1.48 bits per heavy atom. The Morgan fingerprint density at radius 3 is 2.83 bits per heavy atom. The van der Waals surface area contributed by atoms with Crippen LogP contribution < -0.4 is 0 Å². The average Bonchev–Trinajstić information content (AvgIpc) is 2.96. The van der Waals surface area contributed by atoms with Crippen LogP contribution in [0.3, 0.4) is 0 Å². The number of rotatable bonds is 3. The number of piperidine rings is 1. The van der Waals surface area contributed by atoms with E-state index in [1.807, 2.05) is 23.4 Å². The predicted octanol–water partition coefficient (Wildman–Crippen LogP) is 2.01. The van der Waals surface area contributed by atoms with Gasteiger partial charge < -0.3 is 14.4 Å². The molecule has 1 amide bonds. The van der Waals surface area contributed by atoms with E-state index in [0.717, 1.165) is 63.2 Å². The normalized spacial score (nSPS) is 24.1. The third-order valence-electron chi connectivity index (χ3n) is 5.40. The molecule has 0 bridgehead atoms. The largest absolute Gasteiger partial charge is 0.378 e. The van der Waals surface area contributed by atoms with Gasteiger partial charge in [0.2, 0.25) is 0 Å². The molecule has 3 rings (SSSR count). The molecule has 0 radical (unpaired) electrons. The van der Waals surface area contributed by atoms with Gasteiger partial charge in [-0.3, -0.25) is 9.48 Å². The topological polar surface area (TPSA) is 56.6 Å². The van der Waals surface area contributed by atoms with Crippen LogP contribution >= 0.6 is 0 Å². The summed E-state index contributed by atoms with van der Waals surface area (Å²) in [4.78, 5) is 14.7. The predicted molar refractivity (Wildman–Crippen MR) is 86.5 cm³/mol. The summed E-state index contributed by atoms with van der Waals surface area (Å²) >= 11 is 0. The van der Waals surface area contributed by atoms with Crippen molar-refractivity contribution in [2.24, 2.45) is 0 Å². The molecule has 128 valence electrons. The first-order valence-electron chi connectivity index (χ1n) is 8.59. The fraction of sp³-hybridized carbons (Fsp3) is 0.765. The van der Waals surface area contributed by atoms with Crippen molar-refractivity contribution in [2.45, 2.75) is 57.8 Å². The molecule has 1 aromatic rings. The SMILES string of the molecule is CCn1ncc(C(=O)N2CCC3(CC2)OCCC[C@@H]3OC)c1C. The molecule has 2 aliphatic heterocycles. The van der Waals surface area contributed by atoms with Crippen LogP contribution in [-0.2, 0) is 16.0 Å². The molecule has 1 spiro atoms. The van der Waals surface area contributed by atoms with Gasteiger partial charge in [-0.25, -0.2) is 0 Å². The van der Waals surface area contributed by atoms with Crippen LogP contribution in [0.15, 0.2) is 6.20 Å². The lowest BCUT2D eigenvalue weighted by Crippen LogP contribution is -2.56. The van der Waals surface area contributed by atoms with Gasteiger partial charge in [-0.05, 0) is 39.5 Å². The van der Waals surface area contributed by atoms with Crippen molar-refractivity contribution in [3.63, 3.8) is 0 Å². The second-order valence-corrected chi connectivity index (χ2v) is 6.53. The molecule has 1 atom stereocenters. The highest BCUT2D eigenvalue weighted by Gasteiger charge is 2.45. The molecule has 0 aromatic carbocycles. The van der Waals surface area contributed by atoms with Gasteiger partial charge in [-0.1, -0.05) is 0 Å². The molecule has 2 fully saturated rings. The average molecular weight is 321 g/mol. The molecule has 2 aliphatic rings. The summed E-state index contributed by atoms with van der Waals surface area (Å²) in [6.07, 6.45) is 5.64. The maximum Gasteiger partial charge on any atom is 0.257 e. The number of hydrogen-bond acceptors (Lipinski definition) is 4. The second kappa shape index (κ2) is 6.61. The molecule has 6 nitrogen and oxygen atoms in total. The minimum atomic E-state index is -0.202. The zero-order valence-corrected chi connectivity index (χ0v) is 14.4. The molecular formula is C17H27N3O3. The Balaban J connectivity index is 1.68. The van der Waals surface area contributed by atoms with Gasteiger partial charge in [-0.15, -0.1) is 0 Å². The van der Waals surface area contributed by atoms with Crippen molar-refractivity contribution in [3.05, 3.63) is 17.5 Å². The van der Waals surface area contributed by atoms with Crippen molar-refractivity contribution in [1.82, 2.24) is 14.7 Å². The molecule has 0 saturated carbocycles. The van der Waals surface area contributed by atoms with Crippen LogP contribution in [0.1, 0.15) is 48.7 Å². The van der Waals surface area contributed by atoms with Crippen molar-refractivity contribution in [1.29, 1.82) is 0 Å². The summed E-state index contributed by atoms with van der Waals surface area (Å²) in [5.74, 6) is 0.0850. The van der Waals surface area contributed by atoms with E-state index in [-0.39, 0.29) is 17.6 Å². The van der Waals surface area contributed by atoms with Crippen molar-refractivity contribution < 1.29 is 14.3 Å². The Kier molecular flexibility index (Phi) is 4.73. The first-order valence-corrected chi connectivity index (χ1v) is 8.59. The maximum atomic E-state index is 12.8. The van der Waals surface area contributed by atoms with Gasteiger partial charge in [0.1, 0.15) is 0 Å². The fourth-order valence-corrected chi connectivity index (χ4v) is 3.93. The Labute approximate surface area is 137 Å². The van der Waals surface area contributed by atoms with Gasteiger partial charge in [0.25, 0.3) is 5.91 Å². The number of likely N-dealkylation sites (tertiary alicyclic amines) is 1. The highest BCUT2D eigenvalue weighted by Crippen LogP contribution is 2.37. The summed E-state index contributed by atoms with van der Waals surface area (Å²) < 4.78 is 13.6. The second-order valence-electron chi connectivity index (χ2n) is 6.53. The van der Waals surface area contributed by atoms with Crippen LogP contribution in [0.25, 0.3) is 0 Å². The summed E-state index contributed by atoms with van der Waals surface area (Å²) in [6.45, 7) is 7.01. The minimum absolute atomic E-state index is 0.0850. The number of aryl methyl sites for hydroxylation is 1. The number of aromatic nitrogens is 2. The van der Waals surface area contributed by atoms with E-state index in [1.165, 1.54) is 0 Å². The molecule has 3 heterocycles. The highest BCUT2D eigenvalue weighted by molar-refractivity contribution is 5.95. The number of ether oxygens (including phenoxy) is 2. The van der Waals surface area contributed by atoms with Crippen LogP contribution in [0.2, 0.25) is 0 Å². The van der Waals surface area contributed by atoms with Crippen molar-refractivity contribution >= 4 is 5.91 Å². The maximum absolute atomic E-state index is 12.8. The van der Waals surface area contributed by atoms with Gasteiger partial charge >= 0.3 is 0 Å². The number of carbonyl (C=O) groups excluding carboxylic acids is 1. The summed E-state index contributed by atoms with van der Waals surface area (Å²) in [7, 11) is 1.77. The summed E-state index contributed by atoms with van der Waals surface area (Å²) in [5.41, 5.74) is 1.46. The highest BCUT2D eigenvalue weighted by atomic mass is 16.5. The fourth-order valence-electron chi connectivity index (χ4n) is 3.93. The minimum Gasteiger partial charge on any atom is -0.378 e. The molecular weight excluding hydrogens is 294 g/mol. The first kappa shape index (κ1) is 16.5. The third kappa shape index (κ3) is 2.90. The van der Waals surface area contributed by atoms with E-state index in [0.29, 0.717) is 0 Å². The summed E-state index contributed by atoms with van der Waals surface area (Å²) in [6, 6.07) is 0. The monoisotopic (exact) mass is 321 g/mol. The molecule has 1 aromatic heterocycles. The molecule has 23 heavy (non-hydrogen) atoms. The van der Waals surface area contributed by atoms with Crippen LogP contribution in [0.5, 0.6) is 0 Å². The van der Waals surface area contributed by atoms with E-state index in [9.17, 15) is 4.79 Å². The zero-order chi connectivity index (χ0) is 16.4. The number of hydrogen-bond donors (Lipinski definition) is 0.